The number of hydrogen-bond donors (Lipinski definition) is 1. The van der Waals surface area contributed by atoms with Crippen LogP contribution >= 0.6 is 0 Å². The van der Waals surface area contributed by atoms with Crippen molar-refractivity contribution >= 4 is 10.3 Å². The van der Waals surface area contributed by atoms with E-state index >= 15 is 0 Å². The molecule has 0 spiro atoms. The van der Waals surface area contributed by atoms with E-state index in [1.54, 1.807) is 0 Å². The fraction of sp³-hybridized carbons (Fsp3) is 0.500. The summed E-state index contributed by atoms with van der Waals surface area (Å²) < 4.78 is 36.1. The van der Waals surface area contributed by atoms with Gasteiger partial charge >= 0.3 is 10.3 Å². The molecule has 2 aliphatic heterocycles. The molecular weight excluding hydrogens is 254 g/mol. The highest BCUT2D eigenvalue weighted by Gasteiger charge is 2.40. The van der Waals surface area contributed by atoms with Gasteiger partial charge in [0.15, 0.2) is 0 Å². The lowest BCUT2D eigenvalue weighted by Crippen LogP contribution is -2.38. The van der Waals surface area contributed by atoms with Crippen LogP contribution in [0.1, 0.15) is 24.5 Å². The van der Waals surface area contributed by atoms with Crippen molar-refractivity contribution in [2.75, 3.05) is 6.61 Å². The van der Waals surface area contributed by atoms with E-state index < -0.39 is 10.3 Å². The Kier molecular flexibility index (Phi) is 3.11. The average Bonchev–Trinajstić information content (AvgIpc) is 2.66. The van der Waals surface area contributed by atoms with Gasteiger partial charge in [-0.05, 0) is 12.0 Å². The quantitative estimate of drug-likeness (QED) is 0.830. The summed E-state index contributed by atoms with van der Waals surface area (Å²) in [6.07, 6.45) is 1.10. The Hall–Kier alpha value is -0.950. The molecule has 18 heavy (non-hydrogen) atoms. The molecule has 0 bridgehead atoms. The van der Waals surface area contributed by atoms with E-state index in [9.17, 15) is 8.42 Å². The van der Waals surface area contributed by atoms with Gasteiger partial charge in [0.25, 0.3) is 0 Å². The van der Waals surface area contributed by atoms with E-state index in [0.29, 0.717) is 12.8 Å². The lowest BCUT2D eigenvalue weighted by atomic mass is 10.0. The molecule has 1 aromatic carbocycles. The number of rotatable bonds is 1. The molecule has 0 aromatic heterocycles. The standard InChI is InChI=1S/C12H15NO4S/c14-18(15)13-10-8-12(9-4-2-1-3-5-9)17-11(10)6-7-16-18/h1-5,10-13H,6-8H2/t10-,11-,12-/m1/s1. The number of hydrogen-bond acceptors (Lipinski definition) is 4. The van der Waals surface area contributed by atoms with Crippen LogP contribution in [0.5, 0.6) is 0 Å². The number of fused-ring (bicyclic) bond motifs is 1. The third-order valence-electron chi connectivity index (χ3n) is 3.36. The van der Waals surface area contributed by atoms with Crippen molar-refractivity contribution in [2.45, 2.75) is 31.1 Å². The monoisotopic (exact) mass is 269 g/mol. The maximum absolute atomic E-state index is 11.5. The molecule has 0 amide bonds. The molecule has 3 rings (SSSR count). The number of ether oxygens (including phenoxy) is 1. The zero-order valence-electron chi connectivity index (χ0n) is 9.78. The van der Waals surface area contributed by atoms with Gasteiger partial charge in [0.05, 0.1) is 24.9 Å². The minimum atomic E-state index is -3.61. The van der Waals surface area contributed by atoms with Crippen molar-refractivity contribution in [2.24, 2.45) is 0 Å². The first kappa shape index (κ1) is 12.1. The second kappa shape index (κ2) is 4.62. The maximum Gasteiger partial charge on any atom is 0.336 e. The molecule has 2 fully saturated rings. The maximum atomic E-state index is 11.5. The van der Waals surface area contributed by atoms with Crippen molar-refractivity contribution in [1.82, 2.24) is 4.72 Å². The summed E-state index contributed by atoms with van der Waals surface area (Å²) in [6, 6.07) is 9.68. The molecule has 98 valence electrons. The molecule has 0 saturated carbocycles. The minimum Gasteiger partial charge on any atom is -0.368 e. The molecule has 0 radical (unpaired) electrons. The molecule has 1 N–H and O–H groups in total. The van der Waals surface area contributed by atoms with Crippen LogP contribution in [0.15, 0.2) is 30.3 Å². The van der Waals surface area contributed by atoms with Crippen LogP contribution in [0.4, 0.5) is 0 Å². The highest BCUT2D eigenvalue weighted by atomic mass is 32.2. The summed E-state index contributed by atoms with van der Waals surface area (Å²) in [7, 11) is -3.61. The summed E-state index contributed by atoms with van der Waals surface area (Å²) in [5.41, 5.74) is 1.09. The topological polar surface area (TPSA) is 64.6 Å². The van der Waals surface area contributed by atoms with Crippen LogP contribution in [0.25, 0.3) is 0 Å². The highest BCUT2D eigenvalue weighted by molar-refractivity contribution is 7.84. The van der Waals surface area contributed by atoms with Gasteiger partial charge in [0.1, 0.15) is 0 Å². The van der Waals surface area contributed by atoms with Gasteiger partial charge in [-0.2, -0.15) is 13.1 Å². The van der Waals surface area contributed by atoms with E-state index in [0.717, 1.165) is 5.56 Å². The van der Waals surface area contributed by atoms with Gasteiger partial charge in [-0.3, -0.25) is 4.18 Å². The third kappa shape index (κ3) is 2.42. The fourth-order valence-corrected chi connectivity index (χ4v) is 3.52. The molecule has 2 aliphatic rings. The first-order valence-electron chi connectivity index (χ1n) is 6.01. The van der Waals surface area contributed by atoms with Crippen LogP contribution in [0.3, 0.4) is 0 Å². The van der Waals surface area contributed by atoms with Crippen molar-refractivity contribution in [3.8, 4) is 0 Å². The first-order valence-corrected chi connectivity index (χ1v) is 7.42. The molecule has 1 aromatic rings. The predicted molar refractivity (Wildman–Crippen MR) is 65.1 cm³/mol. The van der Waals surface area contributed by atoms with E-state index in [-0.39, 0.29) is 24.9 Å². The lowest BCUT2D eigenvalue weighted by molar-refractivity contribution is 0.0316. The van der Waals surface area contributed by atoms with Crippen molar-refractivity contribution in [1.29, 1.82) is 0 Å². The molecule has 5 nitrogen and oxygen atoms in total. The largest absolute Gasteiger partial charge is 0.368 e. The minimum absolute atomic E-state index is 0.0398. The SMILES string of the molecule is O=S1(=O)N[C@@H]2C[C@H](c3ccccc3)O[C@@H]2CCO1. The second-order valence-electron chi connectivity index (χ2n) is 4.60. The Labute approximate surface area is 106 Å². The zero-order valence-corrected chi connectivity index (χ0v) is 10.6. The first-order chi connectivity index (χ1) is 8.64. The van der Waals surface area contributed by atoms with Gasteiger partial charge < -0.3 is 4.74 Å². The predicted octanol–water partition coefficient (Wildman–Crippen LogP) is 1.14. The Morgan fingerprint density at radius 1 is 1.22 bits per heavy atom. The number of benzene rings is 1. The van der Waals surface area contributed by atoms with E-state index in [1.165, 1.54) is 0 Å². The van der Waals surface area contributed by atoms with Gasteiger partial charge in [0.2, 0.25) is 0 Å². The van der Waals surface area contributed by atoms with Gasteiger partial charge in [-0.1, -0.05) is 30.3 Å². The smallest absolute Gasteiger partial charge is 0.336 e. The zero-order chi connectivity index (χ0) is 12.6. The normalized spacial score (nSPS) is 34.8. The number of nitrogens with one attached hydrogen (secondary N) is 1. The molecular formula is C12H15NO4S. The Bertz CT molecular complexity index is 516. The summed E-state index contributed by atoms with van der Waals surface area (Å²) >= 11 is 0. The Balaban J connectivity index is 1.78. The van der Waals surface area contributed by atoms with Gasteiger partial charge in [0, 0.05) is 6.42 Å². The average molecular weight is 269 g/mol. The summed E-state index contributed by atoms with van der Waals surface area (Å²) in [6.45, 7) is 0.179. The summed E-state index contributed by atoms with van der Waals surface area (Å²) in [5.74, 6) is 0. The Morgan fingerprint density at radius 2 is 2.00 bits per heavy atom. The molecule has 6 heteroatoms. The van der Waals surface area contributed by atoms with Crippen molar-refractivity contribution in [3.63, 3.8) is 0 Å². The van der Waals surface area contributed by atoms with Crippen molar-refractivity contribution < 1.29 is 17.3 Å². The molecule has 0 aliphatic carbocycles. The molecule has 3 atom stereocenters. The molecule has 0 unspecified atom stereocenters. The molecule has 2 saturated heterocycles. The summed E-state index contributed by atoms with van der Waals surface area (Å²) in [4.78, 5) is 0. The van der Waals surface area contributed by atoms with E-state index in [1.807, 2.05) is 30.3 Å². The highest BCUT2D eigenvalue weighted by Crippen LogP contribution is 2.35. The lowest BCUT2D eigenvalue weighted by Gasteiger charge is -2.13. The van der Waals surface area contributed by atoms with Crippen molar-refractivity contribution in [3.05, 3.63) is 35.9 Å². The van der Waals surface area contributed by atoms with E-state index in [2.05, 4.69) is 4.72 Å². The summed E-state index contributed by atoms with van der Waals surface area (Å²) in [5, 5.41) is 0. The Morgan fingerprint density at radius 3 is 2.78 bits per heavy atom. The van der Waals surface area contributed by atoms with Crippen LogP contribution in [0.2, 0.25) is 0 Å². The molecule has 2 heterocycles. The van der Waals surface area contributed by atoms with Crippen LogP contribution in [-0.4, -0.2) is 27.2 Å². The second-order valence-corrected chi connectivity index (χ2v) is 5.98. The third-order valence-corrected chi connectivity index (χ3v) is 4.43. The van der Waals surface area contributed by atoms with Crippen LogP contribution < -0.4 is 4.72 Å². The van der Waals surface area contributed by atoms with Crippen LogP contribution in [-0.2, 0) is 19.2 Å². The van der Waals surface area contributed by atoms with E-state index in [4.69, 9.17) is 8.92 Å². The van der Waals surface area contributed by atoms with Gasteiger partial charge in [-0.25, -0.2) is 0 Å². The van der Waals surface area contributed by atoms with Gasteiger partial charge in [-0.15, -0.1) is 0 Å². The van der Waals surface area contributed by atoms with Crippen LogP contribution in [0, 0.1) is 0 Å². The fourth-order valence-electron chi connectivity index (χ4n) is 2.51.